The zero-order valence-electron chi connectivity index (χ0n) is 35.2. The summed E-state index contributed by atoms with van der Waals surface area (Å²) in [6, 6.07) is 72.9. The highest BCUT2D eigenvalue weighted by Crippen LogP contribution is 2.59. The molecule has 4 nitrogen and oxygen atoms in total. The lowest BCUT2D eigenvalue weighted by molar-refractivity contribution is 0.755. The summed E-state index contributed by atoms with van der Waals surface area (Å²) in [5, 5.41) is 0. The van der Waals surface area contributed by atoms with Crippen LogP contribution in [-0.2, 0) is 5.41 Å². The van der Waals surface area contributed by atoms with Crippen LogP contribution in [0.15, 0.2) is 213 Å². The number of fused-ring (bicyclic) bond motifs is 3. The molecule has 300 valence electrons. The lowest BCUT2D eigenvalue weighted by atomic mass is 9.60. The maximum atomic E-state index is 5.47. The molecule has 0 amide bonds. The average molecular weight is 817 g/mol. The minimum Gasteiger partial charge on any atom is -0.264 e. The van der Waals surface area contributed by atoms with Gasteiger partial charge in [0, 0.05) is 46.5 Å². The molecule has 10 aromatic rings. The smallest absolute Gasteiger partial charge is 0.164 e. The van der Waals surface area contributed by atoms with Crippen molar-refractivity contribution in [1.82, 2.24) is 19.9 Å². The van der Waals surface area contributed by atoms with Crippen LogP contribution in [-0.4, -0.2) is 19.9 Å². The minimum absolute atomic E-state index is 0.0868. The zero-order valence-corrected chi connectivity index (χ0v) is 35.2. The lowest BCUT2D eigenvalue weighted by Crippen LogP contribution is -2.28. The van der Waals surface area contributed by atoms with Gasteiger partial charge in [-0.15, -0.1) is 0 Å². The topological polar surface area (TPSA) is 51.6 Å². The maximum Gasteiger partial charge on any atom is 0.164 e. The van der Waals surface area contributed by atoms with Gasteiger partial charge in [0.2, 0.25) is 0 Å². The van der Waals surface area contributed by atoms with Gasteiger partial charge in [-0.3, -0.25) is 4.98 Å². The van der Waals surface area contributed by atoms with E-state index < -0.39 is 5.41 Å². The monoisotopic (exact) mass is 816 g/mol. The first-order valence-electron chi connectivity index (χ1n) is 22.1. The molecule has 8 aromatic carbocycles. The van der Waals surface area contributed by atoms with E-state index in [2.05, 4.69) is 206 Å². The molecule has 2 heterocycles. The molecule has 0 fully saturated rings. The molecule has 4 aliphatic rings. The Balaban J connectivity index is 1.01. The SMILES string of the molecule is Cc1cncc(-c2ccc3c(c2)C2c4ccccc4C3c3cc(-c4nc(-c5ccccc5)nc(-c5cccc6c5-c5ccccc5C6(c5ccccc5)c5ccccc5)n4)ccc32)c1. The molecule has 0 N–H and O–H groups in total. The first-order valence-corrected chi connectivity index (χ1v) is 22.1. The summed E-state index contributed by atoms with van der Waals surface area (Å²) in [4.78, 5) is 20.6. The molecule has 0 saturated heterocycles. The summed E-state index contributed by atoms with van der Waals surface area (Å²) in [5.41, 5.74) is 21.3. The predicted molar refractivity (Wildman–Crippen MR) is 256 cm³/mol. The highest BCUT2D eigenvalue weighted by molar-refractivity contribution is 5.94. The Kier molecular flexibility index (Phi) is 8.13. The lowest BCUT2D eigenvalue weighted by Gasteiger charge is -2.42. The van der Waals surface area contributed by atoms with Gasteiger partial charge in [-0.2, -0.15) is 0 Å². The van der Waals surface area contributed by atoms with Gasteiger partial charge in [-0.25, -0.2) is 15.0 Å². The second-order valence-electron chi connectivity index (χ2n) is 17.4. The van der Waals surface area contributed by atoms with Gasteiger partial charge >= 0.3 is 0 Å². The molecule has 2 unspecified atom stereocenters. The number of hydrogen-bond donors (Lipinski definition) is 0. The first-order chi connectivity index (χ1) is 31.6. The number of hydrogen-bond acceptors (Lipinski definition) is 4. The van der Waals surface area contributed by atoms with Crippen molar-refractivity contribution >= 4 is 0 Å². The van der Waals surface area contributed by atoms with Crippen LogP contribution in [0.4, 0.5) is 0 Å². The third-order valence-corrected chi connectivity index (χ3v) is 13.9. The fourth-order valence-electron chi connectivity index (χ4n) is 11.3. The molecule has 2 atom stereocenters. The van der Waals surface area contributed by atoms with Crippen molar-refractivity contribution in [1.29, 1.82) is 0 Å². The zero-order chi connectivity index (χ0) is 42.4. The minimum atomic E-state index is -0.537. The standard InChI is InChI=1S/C60H40N4/c1-37-32-41(36-61-35-37)39-28-30-46-50(33-39)54-44-22-11-12-23-45(44)55(46)51-34-40(29-31-47(51)54)58-62-57(38-16-5-2-6-17-38)63-59(64-58)49-25-15-27-53-56(49)48-24-13-14-26-52(48)60(53,42-18-7-3-8-19-42)43-20-9-4-10-21-43/h2-36,54-55H,1H3. The molecule has 0 radical (unpaired) electrons. The van der Waals surface area contributed by atoms with E-state index in [-0.39, 0.29) is 11.8 Å². The third-order valence-electron chi connectivity index (χ3n) is 13.9. The van der Waals surface area contributed by atoms with Crippen molar-refractivity contribution in [2.24, 2.45) is 0 Å². The Morgan fingerprint density at radius 1 is 0.359 bits per heavy atom. The van der Waals surface area contributed by atoms with E-state index in [1.165, 1.54) is 66.8 Å². The number of pyridine rings is 1. The van der Waals surface area contributed by atoms with Crippen LogP contribution in [0.3, 0.4) is 0 Å². The van der Waals surface area contributed by atoms with Crippen molar-refractivity contribution in [3.8, 4) is 56.4 Å². The van der Waals surface area contributed by atoms with Crippen LogP contribution in [0.1, 0.15) is 73.0 Å². The summed E-state index contributed by atoms with van der Waals surface area (Å²) in [7, 11) is 0. The number of rotatable bonds is 6. The van der Waals surface area contributed by atoms with E-state index in [9.17, 15) is 0 Å². The molecule has 14 rings (SSSR count). The molecule has 2 aromatic heterocycles. The number of aromatic nitrogens is 4. The predicted octanol–water partition coefficient (Wildman–Crippen LogP) is 13.6. The van der Waals surface area contributed by atoms with E-state index in [0.717, 1.165) is 33.4 Å². The van der Waals surface area contributed by atoms with Crippen LogP contribution >= 0.6 is 0 Å². The molecular weight excluding hydrogens is 777 g/mol. The Morgan fingerprint density at radius 3 is 1.55 bits per heavy atom. The molecule has 0 saturated carbocycles. The van der Waals surface area contributed by atoms with Gasteiger partial charge in [0.15, 0.2) is 17.5 Å². The van der Waals surface area contributed by atoms with Crippen LogP contribution in [0.5, 0.6) is 0 Å². The largest absolute Gasteiger partial charge is 0.264 e. The Labute approximate surface area is 372 Å². The Morgan fingerprint density at radius 2 is 0.875 bits per heavy atom. The van der Waals surface area contributed by atoms with Crippen molar-refractivity contribution < 1.29 is 0 Å². The third kappa shape index (κ3) is 5.36. The number of benzene rings is 8. The molecule has 0 aliphatic heterocycles. The van der Waals surface area contributed by atoms with Crippen LogP contribution in [0.25, 0.3) is 56.4 Å². The van der Waals surface area contributed by atoms with Crippen molar-refractivity contribution in [3.63, 3.8) is 0 Å². The number of aryl methyl sites for hydroxylation is 1. The Bertz CT molecular complexity index is 3430. The molecular formula is C60H40N4. The highest BCUT2D eigenvalue weighted by Gasteiger charge is 2.47. The van der Waals surface area contributed by atoms with Crippen molar-refractivity contribution in [3.05, 3.63) is 274 Å². The van der Waals surface area contributed by atoms with Gasteiger partial charge in [-0.1, -0.05) is 182 Å². The van der Waals surface area contributed by atoms with Crippen molar-refractivity contribution in [2.45, 2.75) is 24.2 Å². The normalized spacial score (nSPS) is 15.7. The van der Waals surface area contributed by atoms with Gasteiger partial charge in [0.05, 0.1) is 5.41 Å². The second-order valence-corrected chi connectivity index (χ2v) is 17.4. The summed E-state index contributed by atoms with van der Waals surface area (Å²) < 4.78 is 0. The van der Waals surface area contributed by atoms with E-state index in [4.69, 9.17) is 15.0 Å². The summed E-state index contributed by atoms with van der Waals surface area (Å²) in [6.07, 6.45) is 3.89. The van der Waals surface area contributed by atoms with Crippen LogP contribution < -0.4 is 0 Å². The van der Waals surface area contributed by atoms with Gasteiger partial charge in [0.1, 0.15) is 0 Å². The molecule has 2 bridgehead atoms. The van der Waals surface area contributed by atoms with E-state index in [0.29, 0.717) is 17.5 Å². The highest BCUT2D eigenvalue weighted by atomic mass is 15.0. The van der Waals surface area contributed by atoms with Gasteiger partial charge in [0.25, 0.3) is 0 Å². The fraction of sp³-hybridized carbons (Fsp3) is 0.0667. The van der Waals surface area contributed by atoms with Gasteiger partial charge < -0.3 is 0 Å². The molecule has 64 heavy (non-hydrogen) atoms. The molecule has 4 aliphatic carbocycles. The van der Waals surface area contributed by atoms with E-state index >= 15 is 0 Å². The van der Waals surface area contributed by atoms with Crippen LogP contribution in [0.2, 0.25) is 0 Å². The second kappa shape index (κ2) is 14.2. The first kappa shape index (κ1) is 36.6. The summed E-state index contributed by atoms with van der Waals surface area (Å²) >= 11 is 0. The maximum absolute atomic E-state index is 5.47. The van der Waals surface area contributed by atoms with Crippen molar-refractivity contribution in [2.75, 3.05) is 0 Å². The molecule has 4 heteroatoms. The average Bonchev–Trinajstić information content (AvgIpc) is 3.68. The fourth-order valence-corrected chi connectivity index (χ4v) is 11.3. The quantitative estimate of drug-likeness (QED) is 0.168. The van der Waals surface area contributed by atoms with E-state index in [1.54, 1.807) is 0 Å². The number of nitrogens with zero attached hydrogens (tertiary/aromatic N) is 4. The van der Waals surface area contributed by atoms with Gasteiger partial charge in [-0.05, 0) is 103 Å². The van der Waals surface area contributed by atoms with Crippen LogP contribution in [0, 0.1) is 6.92 Å². The summed E-state index contributed by atoms with van der Waals surface area (Å²) in [5.74, 6) is 2.16. The van der Waals surface area contributed by atoms with E-state index in [1.807, 2.05) is 18.5 Å². The summed E-state index contributed by atoms with van der Waals surface area (Å²) in [6.45, 7) is 2.10. The Hall–Kier alpha value is -8.08. The molecule has 0 spiro atoms.